The first-order valence-electron chi connectivity index (χ1n) is 7.70. The van der Waals surface area contributed by atoms with E-state index < -0.39 is 0 Å². The van der Waals surface area contributed by atoms with Crippen molar-refractivity contribution in [2.75, 3.05) is 13.1 Å². The number of carbonyl (C=O) groups is 1. The highest BCUT2D eigenvalue weighted by molar-refractivity contribution is 5.93. The van der Waals surface area contributed by atoms with E-state index in [1.165, 1.54) is 6.42 Å². The number of piperidine rings is 1. The summed E-state index contributed by atoms with van der Waals surface area (Å²) in [5.74, 6) is 1.45. The van der Waals surface area contributed by atoms with Crippen molar-refractivity contribution in [2.45, 2.75) is 19.3 Å². The molecule has 0 bridgehead atoms. The normalized spacial score (nSPS) is 15.3. The lowest BCUT2D eigenvalue weighted by Gasteiger charge is -2.26. The summed E-state index contributed by atoms with van der Waals surface area (Å²) in [7, 11) is 0. The lowest BCUT2D eigenvalue weighted by atomic mass is 10.1. The molecule has 4 heteroatoms. The zero-order valence-electron chi connectivity index (χ0n) is 12.5. The third-order valence-electron chi connectivity index (χ3n) is 3.71. The molecule has 1 fully saturated rings. The average molecular weight is 296 g/mol. The summed E-state index contributed by atoms with van der Waals surface area (Å²) < 4.78 is 5.72. The van der Waals surface area contributed by atoms with Crippen LogP contribution in [-0.2, 0) is 0 Å². The van der Waals surface area contributed by atoms with Crippen LogP contribution in [0.5, 0.6) is 11.5 Å². The highest BCUT2D eigenvalue weighted by Crippen LogP contribution is 2.21. The summed E-state index contributed by atoms with van der Waals surface area (Å²) in [6, 6.07) is 16.8. The molecule has 22 heavy (non-hydrogen) atoms. The van der Waals surface area contributed by atoms with E-state index in [2.05, 4.69) is 5.43 Å². The number of hydrogen-bond acceptors (Lipinski definition) is 3. The molecule has 0 saturated carbocycles. The minimum atomic E-state index is -0.0619. The molecular weight excluding hydrogens is 276 g/mol. The number of nitrogens with zero attached hydrogens (tertiary/aromatic N) is 1. The fourth-order valence-corrected chi connectivity index (χ4v) is 2.51. The van der Waals surface area contributed by atoms with E-state index in [9.17, 15) is 4.79 Å². The van der Waals surface area contributed by atoms with Gasteiger partial charge in [0.25, 0.3) is 5.91 Å². The second-order valence-electron chi connectivity index (χ2n) is 5.43. The zero-order valence-corrected chi connectivity index (χ0v) is 12.5. The van der Waals surface area contributed by atoms with Gasteiger partial charge in [-0.2, -0.15) is 0 Å². The van der Waals surface area contributed by atoms with Gasteiger partial charge in [-0.1, -0.05) is 24.6 Å². The monoisotopic (exact) mass is 296 g/mol. The van der Waals surface area contributed by atoms with Crippen LogP contribution in [0.1, 0.15) is 29.6 Å². The Kier molecular flexibility index (Phi) is 4.71. The van der Waals surface area contributed by atoms with Gasteiger partial charge in [0.1, 0.15) is 11.5 Å². The van der Waals surface area contributed by atoms with Crippen molar-refractivity contribution in [3.8, 4) is 11.5 Å². The van der Waals surface area contributed by atoms with Crippen LogP contribution in [0.3, 0.4) is 0 Å². The van der Waals surface area contributed by atoms with Gasteiger partial charge in [-0.3, -0.25) is 10.2 Å². The fraction of sp³-hybridized carbons (Fsp3) is 0.278. The van der Waals surface area contributed by atoms with E-state index in [4.69, 9.17) is 4.74 Å². The van der Waals surface area contributed by atoms with Crippen LogP contribution in [0.15, 0.2) is 54.6 Å². The molecule has 1 aliphatic heterocycles. The lowest BCUT2D eigenvalue weighted by Crippen LogP contribution is -2.45. The van der Waals surface area contributed by atoms with Crippen LogP contribution in [0.4, 0.5) is 0 Å². The van der Waals surface area contributed by atoms with E-state index in [0.717, 1.165) is 37.4 Å². The fourth-order valence-electron chi connectivity index (χ4n) is 2.51. The first-order valence-corrected chi connectivity index (χ1v) is 7.70. The van der Waals surface area contributed by atoms with Crippen molar-refractivity contribution in [1.29, 1.82) is 0 Å². The standard InChI is InChI=1S/C18H20N2O2/c21-18(19-20-13-5-2-6-14-20)15-9-11-17(12-10-15)22-16-7-3-1-4-8-16/h1,3-4,7-12H,2,5-6,13-14H2,(H,19,21). The van der Waals surface area contributed by atoms with Crippen LogP contribution in [-0.4, -0.2) is 24.0 Å². The Labute approximate surface area is 130 Å². The topological polar surface area (TPSA) is 41.6 Å². The predicted octanol–water partition coefficient (Wildman–Crippen LogP) is 3.61. The maximum Gasteiger partial charge on any atom is 0.265 e. The maximum absolute atomic E-state index is 12.2. The van der Waals surface area contributed by atoms with Crippen LogP contribution >= 0.6 is 0 Å². The van der Waals surface area contributed by atoms with Crippen LogP contribution in [0.25, 0.3) is 0 Å². The largest absolute Gasteiger partial charge is 0.457 e. The Balaban J connectivity index is 1.59. The van der Waals surface area contributed by atoms with Gasteiger partial charge < -0.3 is 4.74 Å². The highest BCUT2D eigenvalue weighted by atomic mass is 16.5. The molecule has 1 heterocycles. The molecule has 0 radical (unpaired) electrons. The Morgan fingerprint density at radius 1 is 0.864 bits per heavy atom. The third-order valence-corrected chi connectivity index (χ3v) is 3.71. The van der Waals surface area contributed by atoms with Gasteiger partial charge in [-0.05, 0) is 49.2 Å². The SMILES string of the molecule is O=C(NN1CCCCC1)c1ccc(Oc2ccccc2)cc1. The van der Waals surface area contributed by atoms with Crippen molar-refractivity contribution in [3.63, 3.8) is 0 Å². The number of hydrazine groups is 1. The van der Waals surface area contributed by atoms with E-state index >= 15 is 0 Å². The number of carbonyl (C=O) groups excluding carboxylic acids is 1. The van der Waals surface area contributed by atoms with Crippen LogP contribution < -0.4 is 10.2 Å². The van der Waals surface area contributed by atoms with Crippen LogP contribution in [0, 0.1) is 0 Å². The number of amides is 1. The summed E-state index contributed by atoms with van der Waals surface area (Å²) >= 11 is 0. The van der Waals surface area contributed by atoms with E-state index in [-0.39, 0.29) is 5.91 Å². The van der Waals surface area contributed by atoms with E-state index in [1.807, 2.05) is 47.5 Å². The predicted molar refractivity (Wildman–Crippen MR) is 85.8 cm³/mol. The quantitative estimate of drug-likeness (QED) is 0.937. The summed E-state index contributed by atoms with van der Waals surface area (Å²) in [5, 5.41) is 2.00. The Morgan fingerprint density at radius 3 is 2.18 bits per heavy atom. The minimum Gasteiger partial charge on any atom is -0.457 e. The molecular formula is C18H20N2O2. The molecule has 1 aliphatic rings. The second-order valence-corrected chi connectivity index (χ2v) is 5.43. The molecule has 3 rings (SSSR count). The number of nitrogens with one attached hydrogen (secondary N) is 1. The third kappa shape index (κ3) is 3.86. The smallest absolute Gasteiger partial charge is 0.265 e. The molecule has 1 saturated heterocycles. The Morgan fingerprint density at radius 2 is 1.50 bits per heavy atom. The number of hydrogen-bond donors (Lipinski definition) is 1. The van der Waals surface area contributed by atoms with Gasteiger partial charge in [0.2, 0.25) is 0 Å². The number of para-hydroxylation sites is 1. The van der Waals surface area contributed by atoms with Crippen molar-refractivity contribution < 1.29 is 9.53 Å². The van der Waals surface area contributed by atoms with Crippen molar-refractivity contribution in [2.24, 2.45) is 0 Å². The highest BCUT2D eigenvalue weighted by Gasteiger charge is 2.13. The Hall–Kier alpha value is -2.33. The zero-order chi connectivity index (χ0) is 15.2. The molecule has 2 aromatic rings. The first kappa shape index (κ1) is 14.6. The van der Waals surface area contributed by atoms with Gasteiger partial charge in [0.05, 0.1) is 0 Å². The van der Waals surface area contributed by atoms with E-state index in [1.54, 1.807) is 12.1 Å². The maximum atomic E-state index is 12.2. The molecule has 0 aromatic heterocycles. The van der Waals surface area contributed by atoms with Crippen LogP contribution in [0.2, 0.25) is 0 Å². The molecule has 0 atom stereocenters. The summed E-state index contributed by atoms with van der Waals surface area (Å²) in [4.78, 5) is 12.2. The Bertz CT molecular complexity index is 605. The first-order chi connectivity index (χ1) is 10.8. The molecule has 4 nitrogen and oxygen atoms in total. The number of ether oxygens (including phenoxy) is 1. The molecule has 114 valence electrons. The summed E-state index contributed by atoms with van der Waals surface area (Å²) in [5.41, 5.74) is 3.60. The second kappa shape index (κ2) is 7.09. The number of rotatable bonds is 4. The molecule has 1 amide bonds. The van der Waals surface area contributed by atoms with Crippen molar-refractivity contribution in [3.05, 3.63) is 60.2 Å². The van der Waals surface area contributed by atoms with Crippen molar-refractivity contribution >= 4 is 5.91 Å². The van der Waals surface area contributed by atoms with Gasteiger partial charge in [-0.25, -0.2) is 5.01 Å². The molecule has 2 aromatic carbocycles. The van der Waals surface area contributed by atoms with Gasteiger partial charge >= 0.3 is 0 Å². The molecule has 0 aliphatic carbocycles. The minimum absolute atomic E-state index is 0.0619. The van der Waals surface area contributed by atoms with E-state index in [0.29, 0.717) is 5.56 Å². The summed E-state index contributed by atoms with van der Waals surface area (Å²) in [6.07, 6.45) is 3.53. The molecule has 0 unspecified atom stereocenters. The average Bonchev–Trinajstić information content (AvgIpc) is 2.57. The molecule has 0 spiro atoms. The summed E-state index contributed by atoms with van der Waals surface area (Å²) in [6.45, 7) is 1.86. The number of benzene rings is 2. The molecule has 1 N–H and O–H groups in total. The van der Waals surface area contributed by atoms with Gasteiger partial charge in [0.15, 0.2) is 0 Å². The van der Waals surface area contributed by atoms with Crippen molar-refractivity contribution in [1.82, 2.24) is 10.4 Å². The lowest BCUT2D eigenvalue weighted by molar-refractivity contribution is 0.0750. The van der Waals surface area contributed by atoms with Gasteiger partial charge in [0, 0.05) is 18.7 Å². The van der Waals surface area contributed by atoms with Gasteiger partial charge in [-0.15, -0.1) is 0 Å².